The molecule has 0 radical (unpaired) electrons. The third-order valence-corrected chi connectivity index (χ3v) is 5.07. The topological polar surface area (TPSA) is 54.3 Å². The van der Waals surface area contributed by atoms with Crippen LogP contribution < -0.4 is 4.90 Å². The summed E-state index contributed by atoms with van der Waals surface area (Å²) in [5.74, 6) is 0.312. The van der Waals surface area contributed by atoms with E-state index in [1.807, 2.05) is 42.2 Å². The number of hydrogen-bond acceptors (Lipinski definition) is 4. The molecule has 9 heteroatoms. The monoisotopic (exact) mass is 415 g/mol. The van der Waals surface area contributed by atoms with E-state index in [0.29, 0.717) is 37.7 Å². The van der Waals surface area contributed by atoms with Gasteiger partial charge >= 0.3 is 6.18 Å². The number of anilines is 1. The van der Waals surface area contributed by atoms with E-state index in [4.69, 9.17) is 0 Å². The Bertz CT molecular complexity index is 1020. The molecule has 0 bridgehead atoms. The Morgan fingerprint density at radius 1 is 1.00 bits per heavy atom. The third kappa shape index (κ3) is 4.00. The lowest BCUT2D eigenvalue weighted by atomic mass is 10.2. The van der Waals surface area contributed by atoms with Crippen molar-refractivity contribution in [3.05, 3.63) is 71.7 Å². The van der Waals surface area contributed by atoms with Crippen molar-refractivity contribution in [2.24, 2.45) is 0 Å². The molecule has 0 spiro atoms. The second-order valence-electron chi connectivity index (χ2n) is 7.10. The van der Waals surface area contributed by atoms with Gasteiger partial charge in [0.1, 0.15) is 5.82 Å². The molecule has 3 heterocycles. The Balaban J connectivity index is 1.41. The van der Waals surface area contributed by atoms with Gasteiger partial charge in [-0.2, -0.15) is 18.3 Å². The minimum absolute atomic E-state index is 0.159. The van der Waals surface area contributed by atoms with Gasteiger partial charge in [-0.25, -0.2) is 9.67 Å². The van der Waals surface area contributed by atoms with Crippen molar-refractivity contribution in [3.8, 4) is 5.69 Å². The molecule has 30 heavy (non-hydrogen) atoms. The normalized spacial score (nSPS) is 14.8. The minimum Gasteiger partial charge on any atom is -0.353 e. The number of amides is 1. The molecule has 4 rings (SSSR count). The van der Waals surface area contributed by atoms with Gasteiger partial charge in [0.15, 0.2) is 5.69 Å². The first-order chi connectivity index (χ1) is 14.3. The van der Waals surface area contributed by atoms with Gasteiger partial charge in [-0.15, -0.1) is 0 Å². The van der Waals surface area contributed by atoms with Crippen LogP contribution in [0.2, 0.25) is 0 Å². The van der Waals surface area contributed by atoms with Gasteiger partial charge in [0.2, 0.25) is 0 Å². The van der Waals surface area contributed by atoms with Gasteiger partial charge in [-0.05, 0) is 37.3 Å². The van der Waals surface area contributed by atoms with E-state index in [1.165, 1.54) is 6.07 Å². The molecule has 0 saturated carbocycles. The number of carbonyl (C=O) groups excluding carboxylic acids is 1. The first-order valence-electron chi connectivity index (χ1n) is 9.52. The molecule has 1 aliphatic rings. The van der Waals surface area contributed by atoms with Crippen LogP contribution in [0.25, 0.3) is 5.69 Å². The van der Waals surface area contributed by atoms with E-state index in [-0.39, 0.29) is 5.91 Å². The number of benzene rings is 1. The lowest BCUT2D eigenvalue weighted by Gasteiger charge is -2.35. The molecule has 1 saturated heterocycles. The lowest BCUT2D eigenvalue weighted by Crippen LogP contribution is -2.49. The average molecular weight is 415 g/mol. The molecule has 0 unspecified atom stereocenters. The number of pyridine rings is 1. The van der Waals surface area contributed by atoms with Crippen LogP contribution in [-0.2, 0) is 6.18 Å². The highest BCUT2D eigenvalue weighted by Gasteiger charge is 2.31. The zero-order valence-electron chi connectivity index (χ0n) is 16.3. The number of rotatable bonds is 3. The maximum Gasteiger partial charge on any atom is 0.417 e. The van der Waals surface area contributed by atoms with Crippen molar-refractivity contribution in [2.75, 3.05) is 31.1 Å². The minimum atomic E-state index is -4.40. The van der Waals surface area contributed by atoms with Crippen LogP contribution in [0.1, 0.15) is 21.7 Å². The van der Waals surface area contributed by atoms with Crippen molar-refractivity contribution < 1.29 is 18.0 Å². The molecule has 0 aliphatic carbocycles. The Kier molecular flexibility index (Phi) is 5.19. The number of alkyl halides is 3. The van der Waals surface area contributed by atoms with Crippen LogP contribution >= 0.6 is 0 Å². The van der Waals surface area contributed by atoms with Crippen molar-refractivity contribution in [3.63, 3.8) is 0 Å². The first-order valence-corrected chi connectivity index (χ1v) is 9.52. The van der Waals surface area contributed by atoms with Crippen LogP contribution in [-0.4, -0.2) is 51.8 Å². The highest BCUT2D eigenvalue weighted by molar-refractivity contribution is 5.92. The standard InChI is InChI=1S/C21H20F3N5O/c1-15-13-18(26-29(15)17-5-3-2-4-6-17)20(30)28-11-9-27(10-12-28)19-8-7-16(14-25-19)21(22,23)24/h2-8,13-14H,9-12H2,1H3. The van der Waals surface area contributed by atoms with Crippen LogP contribution in [0.15, 0.2) is 54.7 Å². The Morgan fingerprint density at radius 3 is 2.30 bits per heavy atom. The number of aromatic nitrogens is 3. The van der Waals surface area contributed by atoms with E-state index >= 15 is 0 Å². The summed E-state index contributed by atoms with van der Waals surface area (Å²) in [6, 6.07) is 13.7. The fourth-order valence-corrected chi connectivity index (χ4v) is 3.45. The Morgan fingerprint density at radius 2 is 1.70 bits per heavy atom. The number of piperazine rings is 1. The van der Waals surface area contributed by atoms with Gasteiger partial charge in [0.05, 0.1) is 11.3 Å². The van der Waals surface area contributed by atoms with Crippen LogP contribution in [0.4, 0.5) is 19.0 Å². The summed E-state index contributed by atoms with van der Waals surface area (Å²) in [5, 5.41) is 4.46. The van der Waals surface area contributed by atoms with Gasteiger partial charge in [0, 0.05) is 38.1 Å². The molecule has 2 aromatic heterocycles. The molecule has 1 aromatic carbocycles. The summed E-state index contributed by atoms with van der Waals surface area (Å²) in [6.07, 6.45) is -3.57. The number of hydrogen-bond donors (Lipinski definition) is 0. The van der Waals surface area contributed by atoms with Crippen LogP contribution in [0.5, 0.6) is 0 Å². The Hall–Kier alpha value is -3.36. The van der Waals surface area contributed by atoms with E-state index < -0.39 is 11.7 Å². The van der Waals surface area contributed by atoms with Crippen molar-refractivity contribution >= 4 is 11.7 Å². The zero-order valence-corrected chi connectivity index (χ0v) is 16.3. The molecule has 1 fully saturated rings. The summed E-state index contributed by atoms with van der Waals surface area (Å²) in [4.78, 5) is 20.4. The summed E-state index contributed by atoms with van der Waals surface area (Å²) in [7, 11) is 0. The molecule has 0 N–H and O–H groups in total. The third-order valence-electron chi connectivity index (χ3n) is 5.07. The molecule has 0 atom stereocenters. The second-order valence-corrected chi connectivity index (χ2v) is 7.10. The molecule has 1 aliphatic heterocycles. The van der Waals surface area contributed by atoms with Gasteiger partial charge in [0.25, 0.3) is 5.91 Å². The predicted octanol–water partition coefficient (Wildman–Crippen LogP) is 3.56. The van der Waals surface area contributed by atoms with Crippen LogP contribution in [0.3, 0.4) is 0 Å². The lowest BCUT2D eigenvalue weighted by molar-refractivity contribution is -0.137. The molecule has 156 valence electrons. The molecular formula is C21H20F3N5O. The summed E-state index contributed by atoms with van der Waals surface area (Å²) in [5.41, 5.74) is 1.34. The highest BCUT2D eigenvalue weighted by atomic mass is 19.4. The van der Waals surface area contributed by atoms with Crippen molar-refractivity contribution in [2.45, 2.75) is 13.1 Å². The molecular weight excluding hydrogens is 395 g/mol. The SMILES string of the molecule is Cc1cc(C(=O)N2CCN(c3ccc(C(F)(F)F)cn3)CC2)nn1-c1ccccc1. The number of nitrogens with zero attached hydrogens (tertiary/aromatic N) is 5. The fraction of sp³-hybridized carbons (Fsp3) is 0.286. The predicted molar refractivity (Wildman–Crippen MR) is 106 cm³/mol. The van der Waals surface area contributed by atoms with Crippen molar-refractivity contribution in [1.29, 1.82) is 0 Å². The average Bonchev–Trinajstić information content (AvgIpc) is 3.15. The first kappa shape index (κ1) is 19.9. The van der Waals surface area contributed by atoms with Crippen LogP contribution in [0, 0.1) is 6.92 Å². The molecule has 3 aromatic rings. The fourth-order valence-electron chi connectivity index (χ4n) is 3.45. The summed E-state index contributed by atoms with van der Waals surface area (Å²) < 4.78 is 39.8. The maximum atomic E-state index is 12.9. The Labute approximate surface area is 171 Å². The number of halogens is 3. The highest BCUT2D eigenvalue weighted by Crippen LogP contribution is 2.29. The van der Waals surface area contributed by atoms with E-state index in [1.54, 1.807) is 15.6 Å². The van der Waals surface area contributed by atoms with Crippen molar-refractivity contribution in [1.82, 2.24) is 19.7 Å². The van der Waals surface area contributed by atoms with Gasteiger partial charge < -0.3 is 9.80 Å². The zero-order chi connectivity index (χ0) is 21.3. The van der Waals surface area contributed by atoms with Gasteiger partial charge in [-0.1, -0.05) is 18.2 Å². The van der Waals surface area contributed by atoms with E-state index in [9.17, 15) is 18.0 Å². The summed E-state index contributed by atoms with van der Waals surface area (Å²) >= 11 is 0. The maximum absolute atomic E-state index is 12.9. The largest absolute Gasteiger partial charge is 0.417 e. The summed E-state index contributed by atoms with van der Waals surface area (Å²) in [6.45, 7) is 3.76. The molecule has 6 nitrogen and oxygen atoms in total. The smallest absolute Gasteiger partial charge is 0.353 e. The molecule has 1 amide bonds. The van der Waals surface area contributed by atoms with Gasteiger partial charge in [-0.3, -0.25) is 4.79 Å². The number of carbonyl (C=O) groups is 1. The van der Waals surface area contributed by atoms with E-state index in [0.717, 1.165) is 23.6 Å². The second kappa shape index (κ2) is 7.81. The number of para-hydroxylation sites is 1. The quantitative estimate of drug-likeness (QED) is 0.657. The number of aryl methyl sites for hydroxylation is 1. The van der Waals surface area contributed by atoms with E-state index in [2.05, 4.69) is 10.1 Å².